The summed E-state index contributed by atoms with van der Waals surface area (Å²) in [6, 6.07) is 0.439. The van der Waals surface area contributed by atoms with Gasteiger partial charge < -0.3 is 10.2 Å². The van der Waals surface area contributed by atoms with E-state index in [1.165, 1.54) is 19.3 Å². The van der Waals surface area contributed by atoms with E-state index in [4.69, 9.17) is 0 Å². The molecule has 0 radical (unpaired) electrons. The van der Waals surface area contributed by atoms with Gasteiger partial charge in [0, 0.05) is 6.04 Å². The van der Waals surface area contributed by atoms with Gasteiger partial charge in [0.15, 0.2) is 0 Å². The van der Waals surface area contributed by atoms with Crippen molar-refractivity contribution in [3.63, 3.8) is 0 Å². The third kappa shape index (κ3) is 2.35. The summed E-state index contributed by atoms with van der Waals surface area (Å²) in [5, 5.41) is 7.03. The fourth-order valence-electron chi connectivity index (χ4n) is 1.14. The predicted molar refractivity (Wildman–Crippen MR) is 41.1 cm³/mol. The molecule has 1 aliphatic rings. The molecule has 0 amide bonds. The highest BCUT2D eigenvalue weighted by atomic mass is 16.6. The van der Waals surface area contributed by atoms with Gasteiger partial charge in [-0.15, -0.1) is 0 Å². The van der Waals surface area contributed by atoms with E-state index in [1.807, 2.05) is 6.21 Å². The Hall–Kier alpha value is -0.570. The third-order valence-corrected chi connectivity index (χ3v) is 1.69. The Balaban J connectivity index is 2.19. The molecule has 1 atom stereocenters. The lowest BCUT2D eigenvalue weighted by molar-refractivity contribution is 0.213. The molecule has 0 aromatic rings. The van der Waals surface area contributed by atoms with Crippen molar-refractivity contribution in [3.8, 4) is 0 Å². The van der Waals surface area contributed by atoms with Crippen LogP contribution in [0.2, 0.25) is 0 Å². The Morgan fingerprint density at radius 2 is 2.50 bits per heavy atom. The summed E-state index contributed by atoms with van der Waals surface area (Å²) in [7, 11) is 1.57. The molecule has 1 N–H and O–H groups in total. The van der Waals surface area contributed by atoms with Crippen LogP contribution in [0, 0.1) is 0 Å². The van der Waals surface area contributed by atoms with Crippen LogP contribution in [-0.4, -0.2) is 25.9 Å². The number of oxime groups is 1. The first kappa shape index (κ1) is 7.54. The molecule has 0 aromatic heterocycles. The fourth-order valence-corrected chi connectivity index (χ4v) is 1.14. The Kier molecular flexibility index (Phi) is 3.22. The topological polar surface area (TPSA) is 33.6 Å². The lowest BCUT2D eigenvalue weighted by Crippen LogP contribution is -2.35. The molecule has 10 heavy (non-hydrogen) atoms. The average Bonchev–Trinajstić information content (AvgIpc) is 2.03. The summed E-state index contributed by atoms with van der Waals surface area (Å²) in [5.41, 5.74) is 0. The molecule has 1 saturated heterocycles. The van der Waals surface area contributed by atoms with E-state index in [1.54, 1.807) is 7.11 Å². The maximum absolute atomic E-state index is 4.57. The second-order valence-electron chi connectivity index (χ2n) is 2.49. The zero-order valence-electron chi connectivity index (χ0n) is 6.34. The van der Waals surface area contributed by atoms with Crippen molar-refractivity contribution in [2.45, 2.75) is 25.3 Å². The average molecular weight is 142 g/mol. The summed E-state index contributed by atoms with van der Waals surface area (Å²) in [4.78, 5) is 4.57. The van der Waals surface area contributed by atoms with Gasteiger partial charge in [-0.1, -0.05) is 11.6 Å². The zero-order chi connectivity index (χ0) is 7.23. The highest BCUT2D eigenvalue weighted by molar-refractivity contribution is 5.63. The molecule has 1 unspecified atom stereocenters. The number of rotatable bonds is 2. The molecule has 0 aromatic carbocycles. The second kappa shape index (κ2) is 4.28. The first-order chi connectivity index (χ1) is 4.93. The Morgan fingerprint density at radius 1 is 1.60 bits per heavy atom. The maximum Gasteiger partial charge on any atom is 0.106 e. The second-order valence-corrected chi connectivity index (χ2v) is 2.49. The van der Waals surface area contributed by atoms with Crippen LogP contribution >= 0.6 is 0 Å². The Labute approximate surface area is 61.4 Å². The van der Waals surface area contributed by atoms with Crippen molar-refractivity contribution in [2.24, 2.45) is 5.16 Å². The van der Waals surface area contributed by atoms with Crippen LogP contribution in [0.1, 0.15) is 19.3 Å². The van der Waals surface area contributed by atoms with Gasteiger partial charge in [0.2, 0.25) is 0 Å². The molecule has 58 valence electrons. The van der Waals surface area contributed by atoms with Crippen LogP contribution in [0.5, 0.6) is 0 Å². The third-order valence-electron chi connectivity index (χ3n) is 1.69. The molecule has 0 aliphatic carbocycles. The smallest absolute Gasteiger partial charge is 0.106 e. The molecule has 1 aliphatic heterocycles. The molecule has 3 nitrogen and oxygen atoms in total. The van der Waals surface area contributed by atoms with Gasteiger partial charge in [-0.2, -0.15) is 0 Å². The molecule has 0 saturated carbocycles. The molecule has 1 heterocycles. The van der Waals surface area contributed by atoms with Crippen molar-refractivity contribution in [3.05, 3.63) is 0 Å². The minimum Gasteiger partial charge on any atom is -0.399 e. The SMILES string of the molecule is CON=CC1CCCCN1. The number of hydrogen-bond acceptors (Lipinski definition) is 3. The van der Waals surface area contributed by atoms with E-state index in [0.29, 0.717) is 6.04 Å². The summed E-state index contributed by atoms with van der Waals surface area (Å²) < 4.78 is 0. The number of nitrogens with one attached hydrogen (secondary N) is 1. The van der Waals surface area contributed by atoms with Gasteiger partial charge in [-0.25, -0.2) is 0 Å². The minimum absolute atomic E-state index is 0.439. The molecular weight excluding hydrogens is 128 g/mol. The van der Waals surface area contributed by atoms with Crippen LogP contribution in [-0.2, 0) is 4.84 Å². The summed E-state index contributed by atoms with van der Waals surface area (Å²) in [6.45, 7) is 1.11. The van der Waals surface area contributed by atoms with Crippen LogP contribution in [0.25, 0.3) is 0 Å². The van der Waals surface area contributed by atoms with Crippen molar-refractivity contribution in [1.29, 1.82) is 0 Å². The van der Waals surface area contributed by atoms with Crippen molar-refractivity contribution < 1.29 is 4.84 Å². The number of piperidine rings is 1. The maximum atomic E-state index is 4.57. The summed E-state index contributed by atoms with van der Waals surface area (Å²) in [5.74, 6) is 0. The minimum atomic E-state index is 0.439. The quantitative estimate of drug-likeness (QED) is 0.456. The molecular formula is C7H14N2O. The van der Waals surface area contributed by atoms with E-state index < -0.39 is 0 Å². The highest BCUT2D eigenvalue weighted by Gasteiger charge is 2.08. The van der Waals surface area contributed by atoms with E-state index in [-0.39, 0.29) is 0 Å². The number of nitrogens with zero attached hydrogens (tertiary/aromatic N) is 1. The first-order valence-corrected chi connectivity index (χ1v) is 3.73. The van der Waals surface area contributed by atoms with Crippen LogP contribution < -0.4 is 5.32 Å². The number of hydrogen-bond donors (Lipinski definition) is 1. The molecule has 3 heteroatoms. The standard InChI is InChI=1S/C7H14N2O/c1-10-9-6-7-4-2-3-5-8-7/h6-8H,2-5H2,1H3. The lowest BCUT2D eigenvalue weighted by atomic mass is 10.1. The highest BCUT2D eigenvalue weighted by Crippen LogP contribution is 2.04. The van der Waals surface area contributed by atoms with Crippen molar-refractivity contribution >= 4 is 6.21 Å². The Morgan fingerprint density at radius 3 is 3.10 bits per heavy atom. The molecule has 1 rings (SSSR count). The van der Waals surface area contributed by atoms with E-state index >= 15 is 0 Å². The predicted octanol–water partition coefficient (Wildman–Crippen LogP) is 0.761. The summed E-state index contributed by atoms with van der Waals surface area (Å²) >= 11 is 0. The van der Waals surface area contributed by atoms with Crippen LogP contribution in [0.4, 0.5) is 0 Å². The van der Waals surface area contributed by atoms with Gasteiger partial charge in [0.05, 0.1) is 6.21 Å². The molecule has 1 fully saturated rings. The van der Waals surface area contributed by atoms with Gasteiger partial charge >= 0.3 is 0 Å². The largest absolute Gasteiger partial charge is 0.399 e. The normalized spacial score (nSPS) is 27.1. The van der Waals surface area contributed by atoms with Crippen molar-refractivity contribution in [1.82, 2.24) is 5.32 Å². The van der Waals surface area contributed by atoms with Gasteiger partial charge in [-0.3, -0.25) is 0 Å². The molecule has 0 spiro atoms. The lowest BCUT2D eigenvalue weighted by Gasteiger charge is -2.18. The monoisotopic (exact) mass is 142 g/mol. The van der Waals surface area contributed by atoms with E-state index in [9.17, 15) is 0 Å². The zero-order valence-corrected chi connectivity index (χ0v) is 6.34. The van der Waals surface area contributed by atoms with Crippen LogP contribution in [0.3, 0.4) is 0 Å². The Bertz CT molecular complexity index is 108. The summed E-state index contributed by atoms with van der Waals surface area (Å²) in [6.07, 6.45) is 5.61. The first-order valence-electron chi connectivity index (χ1n) is 3.73. The van der Waals surface area contributed by atoms with Crippen LogP contribution in [0.15, 0.2) is 5.16 Å². The van der Waals surface area contributed by atoms with E-state index in [0.717, 1.165) is 6.54 Å². The van der Waals surface area contributed by atoms with Gasteiger partial charge in [-0.05, 0) is 19.4 Å². The van der Waals surface area contributed by atoms with Gasteiger partial charge in [0.25, 0.3) is 0 Å². The fraction of sp³-hybridized carbons (Fsp3) is 0.857. The van der Waals surface area contributed by atoms with E-state index in [2.05, 4.69) is 15.3 Å². The van der Waals surface area contributed by atoms with Crippen molar-refractivity contribution in [2.75, 3.05) is 13.7 Å². The molecule has 0 bridgehead atoms. The van der Waals surface area contributed by atoms with Gasteiger partial charge in [0.1, 0.15) is 7.11 Å².